The molecule has 8 heteroatoms. The van der Waals surface area contributed by atoms with Crippen molar-refractivity contribution >= 4 is 11.8 Å². The van der Waals surface area contributed by atoms with Gasteiger partial charge in [-0.2, -0.15) is 30.7 Å². The number of halogens is 7. The van der Waals surface area contributed by atoms with Gasteiger partial charge in [0.15, 0.2) is 5.57 Å². The third-order valence-electron chi connectivity index (χ3n) is 1.75. The predicted molar refractivity (Wildman–Crippen MR) is 52.5 cm³/mol. The molecule has 0 aliphatic rings. The minimum Gasteiger partial charge on any atom is -0.188 e. The van der Waals surface area contributed by atoms with Crippen LogP contribution in [0.1, 0.15) is 0 Å². The standard InChI is InChI=1S/C10H5F7S/c11-8(12)7(9(13,14)15)10(16,17)18-6-4-2-1-3-5-6/h1-5H. The summed E-state index contributed by atoms with van der Waals surface area (Å²) in [6.07, 6.45) is -9.22. The van der Waals surface area contributed by atoms with Gasteiger partial charge < -0.3 is 0 Å². The number of rotatable bonds is 3. The van der Waals surface area contributed by atoms with Crippen LogP contribution in [-0.2, 0) is 0 Å². The van der Waals surface area contributed by atoms with E-state index in [2.05, 4.69) is 0 Å². The van der Waals surface area contributed by atoms with Gasteiger partial charge in [-0.05, 0) is 23.9 Å². The number of alkyl halides is 5. The zero-order valence-corrected chi connectivity index (χ0v) is 9.26. The fourth-order valence-corrected chi connectivity index (χ4v) is 1.95. The van der Waals surface area contributed by atoms with Crippen LogP contribution in [-0.4, -0.2) is 11.4 Å². The SMILES string of the molecule is FC(F)=C(C(F)(F)F)C(F)(F)Sc1ccccc1. The lowest BCUT2D eigenvalue weighted by atomic mass is 10.3. The molecular weight excluding hydrogens is 285 g/mol. The second kappa shape index (κ2) is 5.21. The van der Waals surface area contributed by atoms with Crippen LogP contribution in [0.15, 0.2) is 46.9 Å². The van der Waals surface area contributed by atoms with Gasteiger partial charge in [-0.1, -0.05) is 18.2 Å². The molecule has 0 bridgehead atoms. The molecule has 0 saturated carbocycles. The summed E-state index contributed by atoms with van der Waals surface area (Å²) in [6, 6.07) is 6.27. The third kappa shape index (κ3) is 3.66. The van der Waals surface area contributed by atoms with Crippen LogP contribution in [0.3, 0.4) is 0 Å². The van der Waals surface area contributed by atoms with E-state index < -0.39 is 34.8 Å². The van der Waals surface area contributed by atoms with E-state index in [1.54, 1.807) is 0 Å². The van der Waals surface area contributed by atoms with Crippen LogP contribution in [0, 0.1) is 0 Å². The lowest BCUT2D eigenvalue weighted by Gasteiger charge is -2.20. The molecule has 100 valence electrons. The van der Waals surface area contributed by atoms with E-state index in [9.17, 15) is 30.7 Å². The van der Waals surface area contributed by atoms with Gasteiger partial charge in [0, 0.05) is 4.90 Å². The zero-order chi connectivity index (χ0) is 14.0. The summed E-state index contributed by atoms with van der Waals surface area (Å²) in [5, 5.41) is -4.75. The van der Waals surface area contributed by atoms with Crippen molar-refractivity contribution in [2.45, 2.75) is 16.3 Å². The van der Waals surface area contributed by atoms with E-state index in [1.165, 1.54) is 18.2 Å². The van der Waals surface area contributed by atoms with Gasteiger partial charge >= 0.3 is 11.4 Å². The normalized spacial score (nSPS) is 12.4. The van der Waals surface area contributed by atoms with Crippen molar-refractivity contribution in [3.05, 3.63) is 42.0 Å². The largest absolute Gasteiger partial charge is 0.424 e. The molecule has 0 aliphatic heterocycles. The van der Waals surface area contributed by atoms with Gasteiger partial charge in [0.25, 0.3) is 6.08 Å². The average Bonchev–Trinajstić information content (AvgIpc) is 2.13. The number of hydrogen-bond donors (Lipinski definition) is 0. The Morgan fingerprint density at radius 1 is 0.889 bits per heavy atom. The molecule has 0 unspecified atom stereocenters. The van der Waals surface area contributed by atoms with Crippen molar-refractivity contribution in [3.63, 3.8) is 0 Å². The van der Waals surface area contributed by atoms with E-state index in [0.717, 1.165) is 12.1 Å². The summed E-state index contributed by atoms with van der Waals surface area (Å²) in [5.41, 5.74) is -3.12. The molecule has 0 aliphatic carbocycles. The molecule has 0 spiro atoms. The molecule has 1 aromatic rings. The molecule has 0 saturated heterocycles. The van der Waals surface area contributed by atoms with Crippen LogP contribution < -0.4 is 0 Å². The highest BCUT2D eigenvalue weighted by molar-refractivity contribution is 8.00. The predicted octanol–water partition coefficient (Wildman–Crippen LogP) is 5.08. The maximum Gasteiger partial charge on any atom is 0.424 e. The highest BCUT2D eigenvalue weighted by Crippen LogP contribution is 2.49. The fraction of sp³-hybridized carbons (Fsp3) is 0.200. The molecule has 0 radical (unpaired) electrons. The first-order chi connectivity index (χ1) is 8.14. The average molecular weight is 290 g/mol. The first-order valence-corrected chi connectivity index (χ1v) is 5.21. The monoisotopic (exact) mass is 290 g/mol. The Hall–Kier alpha value is -1.18. The Morgan fingerprint density at radius 2 is 1.39 bits per heavy atom. The molecule has 1 rings (SSSR count). The molecule has 18 heavy (non-hydrogen) atoms. The summed E-state index contributed by atoms with van der Waals surface area (Å²) in [5.74, 6) is 0. The molecule has 0 aromatic heterocycles. The quantitative estimate of drug-likeness (QED) is 0.552. The molecule has 0 nitrogen and oxygen atoms in total. The Morgan fingerprint density at radius 3 is 1.78 bits per heavy atom. The van der Waals surface area contributed by atoms with Crippen molar-refractivity contribution in [1.29, 1.82) is 0 Å². The summed E-state index contributed by atoms with van der Waals surface area (Å²) >= 11 is -0.582. The summed E-state index contributed by atoms with van der Waals surface area (Å²) in [4.78, 5) is -0.245. The van der Waals surface area contributed by atoms with Crippen LogP contribution in [0.25, 0.3) is 0 Å². The Kier molecular flexibility index (Phi) is 4.31. The van der Waals surface area contributed by atoms with E-state index >= 15 is 0 Å². The van der Waals surface area contributed by atoms with Crippen LogP contribution >= 0.6 is 11.8 Å². The fourth-order valence-electron chi connectivity index (χ4n) is 1.07. The smallest absolute Gasteiger partial charge is 0.188 e. The van der Waals surface area contributed by atoms with E-state index in [0.29, 0.717) is 0 Å². The molecule has 0 fully saturated rings. The van der Waals surface area contributed by atoms with Crippen molar-refractivity contribution in [2.24, 2.45) is 0 Å². The molecule has 0 N–H and O–H groups in total. The summed E-state index contributed by atoms with van der Waals surface area (Å²) in [6.45, 7) is 0. The Labute approximate surface area is 101 Å². The summed E-state index contributed by atoms with van der Waals surface area (Å²) < 4.78 is 87.0. The Balaban J connectivity index is 3.09. The number of benzene rings is 1. The van der Waals surface area contributed by atoms with Crippen molar-refractivity contribution < 1.29 is 30.7 Å². The van der Waals surface area contributed by atoms with E-state index in [-0.39, 0.29) is 4.90 Å². The molecule has 1 aromatic carbocycles. The second-order valence-corrected chi connectivity index (χ2v) is 4.25. The minimum absolute atomic E-state index is 0.245. The van der Waals surface area contributed by atoms with Crippen molar-refractivity contribution in [3.8, 4) is 0 Å². The first kappa shape index (κ1) is 14.9. The van der Waals surface area contributed by atoms with Crippen LogP contribution in [0.4, 0.5) is 30.7 Å². The zero-order valence-electron chi connectivity index (χ0n) is 8.44. The van der Waals surface area contributed by atoms with E-state index in [4.69, 9.17) is 0 Å². The Bertz CT molecular complexity index is 431. The minimum atomic E-state index is -5.79. The van der Waals surface area contributed by atoms with Gasteiger partial charge in [-0.3, -0.25) is 0 Å². The highest BCUT2D eigenvalue weighted by atomic mass is 32.2. The topological polar surface area (TPSA) is 0 Å². The van der Waals surface area contributed by atoms with E-state index in [1.807, 2.05) is 0 Å². The summed E-state index contributed by atoms with van der Waals surface area (Å²) in [7, 11) is 0. The number of thioether (sulfide) groups is 1. The molecular formula is C10H5F7S. The van der Waals surface area contributed by atoms with Gasteiger partial charge in [0.1, 0.15) is 0 Å². The van der Waals surface area contributed by atoms with Crippen molar-refractivity contribution in [2.75, 3.05) is 0 Å². The molecule has 0 heterocycles. The van der Waals surface area contributed by atoms with Crippen molar-refractivity contribution in [1.82, 2.24) is 0 Å². The van der Waals surface area contributed by atoms with Gasteiger partial charge in [0.2, 0.25) is 0 Å². The maximum atomic E-state index is 13.2. The maximum absolute atomic E-state index is 13.2. The van der Waals surface area contributed by atoms with Crippen LogP contribution in [0.2, 0.25) is 0 Å². The third-order valence-corrected chi connectivity index (χ3v) is 2.72. The van der Waals surface area contributed by atoms with Crippen LogP contribution in [0.5, 0.6) is 0 Å². The molecule has 0 atom stereocenters. The lowest BCUT2D eigenvalue weighted by Crippen LogP contribution is -2.28. The molecule has 0 amide bonds. The lowest BCUT2D eigenvalue weighted by molar-refractivity contribution is -0.117. The van der Waals surface area contributed by atoms with Gasteiger partial charge in [-0.15, -0.1) is 0 Å². The van der Waals surface area contributed by atoms with Gasteiger partial charge in [0.05, 0.1) is 0 Å². The second-order valence-electron chi connectivity index (χ2n) is 3.07. The highest BCUT2D eigenvalue weighted by Gasteiger charge is 2.54. The first-order valence-electron chi connectivity index (χ1n) is 4.39. The van der Waals surface area contributed by atoms with Gasteiger partial charge in [-0.25, -0.2) is 0 Å². The number of hydrogen-bond acceptors (Lipinski definition) is 1.